The molecule has 0 N–H and O–H groups in total. The molecule has 2 fully saturated rings. The molecule has 2 aromatic carbocycles. The van der Waals surface area contributed by atoms with E-state index in [1.807, 2.05) is 0 Å². The number of benzene rings is 2. The molecule has 1 saturated carbocycles. The van der Waals surface area contributed by atoms with Crippen molar-refractivity contribution >= 4 is 45.8 Å². The van der Waals surface area contributed by atoms with Crippen LogP contribution in [0.15, 0.2) is 30.5 Å². The number of carbonyl (C=O) groups excluding carboxylic acids is 2. The van der Waals surface area contributed by atoms with Gasteiger partial charge in [0.15, 0.2) is 0 Å². The number of carbonyl (C=O) groups is 2. The van der Waals surface area contributed by atoms with E-state index in [0.717, 1.165) is 17.7 Å². The van der Waals surface area contributed by atoms with Crippen LogP contribution in [0.3, 0.4) is 0 Å². The molecule has 5 rings (SSSR count). The molecule has 0 spiro atoms. The largest absolute Gasteiger partial charge is 0.416 e. The summed E-state index contributed by atoms with van der Waals surface area (Å²) < 4.78 is 41.6. The summed E-state index contributed by atoms with van der Waals surface area (Å²) in [5.74, 6) is 0.477. The van der Waals surface area contributed by atoms with Crippen LogP contribution >= 0.6 is 23.2 Å². The number of ketones is 1. The molecule has 9 heteroatoms. The lowest BCUT2D eigenvalue weighted by molar-refractivity contribution is -0.137. The van der Waals surface area contributed by atoms with Crippen LogP contribution in [0, 0.1) is 24.7 Å². The number of alkyl halides is 3. The highest BCUT2D eigenvalue weighted by molar-refractivity contribution is 6.38. The molecule has 3 atom stereocenters. The van der Waals surface area contributed by atoms with Gasteiger partial charge in [-0.1, -0.05) is 23.2 Å². The quantitative estimate of drug-likeness (QED) is 0.402. The van der Waals surface area contributed by atoms with Crippen LogP contribution in [-0.4, -0.2) is 34.2 Å². The molecule has 0 bridgehead atoms. The Bertz CT molecular complexity index is 1380. The summed E-state index contributed by atoms with van der Waals surface area (Å²) in [6.07, 6.45) is -2.40. The SMILES string of the molecule is CC(=O)C1[C@H]2CN(C(=O)c3ccc(Cl)c(Cc4cn(C)c5cc(C(F)(F)F)cc(C)c45)c3Cl)C[C@@H]12. The first-order valence-corrected chi connectivity index (χ1v) is 12.1. The van der Waals surface area contributed by atoms with Crippen molar-refractivity contribution in [1.29, 1.82) is 0 Å². The van der Waals surface area contributed by atoms with E-state index >= 15 is 0 Å². The van der Waals surface area contributed by atoms with Gasteiger partial charge >= 0.3 is 6.18 Å². The Hall–Kier alpha value is -2.51. The normalized spacial score (nSPS) is 21.5. The molecule has 184 valence electrons. The van der Waals surface area contributed by atoms with E-state index in [2.05, 4.69) is 0 Å². The van der Waals surface area contributed by atoms with Gasteiger partial charge in [-0.05, 0) is 66.6 Å². The van der Waals surface area contributed by atoms with Gasteiger partial charge in [0.25, 0.3) is 5.91 Å². The van der Waals surface area contributed by atoms with Gasteiger partial charge in [0.1, 0.15) is 5.78 Å². The molecule has 0 radical (unpaired) electrons. The summed E-state index contributed by atoms with van der Waals surface area (Å²) in [7, 11) is 1.70. The van der Waals surface area contributed by atoms with Crippen LogP contribution in [0.1, 0.15) is 39.5 Å². The van der Waals surface area contributed by atoms with Gasteiger partial charge in [-0.25, -0.2) is 0 Å². The van der Waals surface area contributed by atoms with E-state index in [4.69, 9.17) is 23.2 Å². The van der Waals surface area contributed by atoms with Gasteiger partial charge in [-0.2, -0.15) is 13.2 Å². The molecule has 1 aromatic heterocycles. The minimum Gasteiger partial charge on any atom is -0.350 e. The van der Waals surface area contributed by atoms with E-state index in [9.17, 15) is 22.8 Å². The fraction of sp³-hybridized carbons (Fsp3) is 0.385. The number of Topliss-reactive ketones (excluding diaryl/α,β-unsaturated/α-hetero) is 1. The van der Waals surface area contributed by atoms with Crippen molar-refractivity contribution < 1.29 is 22.8 Å². The first-order valence-electron chi connectivity index (χ1n) is 11.3. The number of rotatable bonds is 4. The number of halogens is 5. The second kappa shape index (κ2) is 8.27. The summed E-state index contributed by atoms with van der Waals surface area (Å²) >= 11 is 13.2. The van der Waals surface area contributed by atoms with Gasteiger partial charge in [0.2, 0.25) is 0 Å². The summed E-state index contributed by atoms with van der Waals surface area (Å²) in [4.78, 5) is 26.6. The van der Waals surface area contributed by atoms with Crippen molar-refractivity contribution in [1.82, 2.24) is 9.47 Å². The number of aryl methyl sites for hydroxylation is 2. The van der Waals surface area contributed by atoms with E-state index in [1.165, 1.54) is 0 Å². The molecule has 2 aliphatic rings. The number of amides is 1. The van der Waals surface area contributed by atoms with Crippen LogP contribution in [0.25, 0.3) is 10.9 Å². The highest BCUT2D eigenvalue weighted by atomic mass is 35.5. The Morgan fingerprint density at radius 1 is 1.11 bits per heavy atom. The molecule has 1 unspecified atom stereocenters. The molecular formula is C26H23Cl2F3N2O2. The van der Waals surface area contributed by atoms with Crippen molar-refractivity contribution in [2.75, 3.05) is 13.1 Å². The molecule has 2 heterocycles. The molecular weight excluding hydrogens is 500 g/mol. The summed E-state index contributed by atoms with van der Waals surface area (Å²) in [6, 6.07) is 5.52. The molecule has 1 saturated heterocycles. The number of likely N-dealkylation sites (tertiary alicyclic amines) is 1. The van der Waals surface area contributed by atoms with Crippen molar-refractivity contribution in [3.8, 4) is 0 Å². The number of nitrogens with zero attached hydrogens (tertiary/aromatic N) is 2. The number of hydrogen-bond donors (Lipinski definition) is 0. The standard InChI is InChI=1S/C26H23Cl2F3N2O2/c1-12-6-15(26(29,30)31)8-21-22(12)14(9-32(21)3)7-17-20(27)5-4-16(24(17)28)25(35)33-10-18-19(11-33)23(18)13(2)34/h4-6,8-9,18-19,23H,7,10-11H2,1-3H3/t18-,19+,23?. The Morgan fingerprint density at radius 3 is 2.37 bits per heavy atom. The maximum Gasteiger partial charge on any atom is 0.416 e. The van der Waals surface area contributed by atoms with Gasteiger partial charge in [-0.3, -0.25) is 9.59 Å². The average molecular weight is 523 g/mol. The van der Waals surface area contributed by atoms with Crippen molar-refractivity contribution in [2.24, 2.45) is 24.8 Å². The third kappa shape index (κ3) is 4.02. The predicted molar refractivity (Wildman–Crippen MR) is 129 cm³/mol. The predicted octanol–water partition coefficient (Wildman–Crippen LogP) is 6.31. The first-order chi connectivity index (χ1) is 16.4. The number of aromatic nitrogens is 1. The second-order valence-electron chi connectivity index (χ2n) is 9.69. The van der Waals surface area contributed by atoms with Crippen molar-refractivity contribution in [3.63, 3.8) is 0 Å². The topological polar surface area (TPSA) is 42.3 Å². The molecule has 3 aromatic rings. The number of hydrogen-bond acceptors (Lipinski definition) is 2. The molecule has 4 nitrogen and oxygen atoms in total. The van der Waals surface area contributed by atoms with E-state index in [0.29, 0.717) is 45.7 Å². The second-order valence-corrected chi connectivity index (χ2v) is 10.5. The average Bonchev–Trinajstić information content (AvgIpc) is 3.11. The lowest BCUT2D eigenvalue weighted by atomic mass is 9.98. The van der Waals surface area contributed by atoms with Gasteiger partial charge in [0.05, 0.1) is 16.1 Å². The Morgan fingerprint density at radius 2 is 1.77 bits per heavy atom. The smallest absolute Gasteiger partial charge is 0.350 e. The monoisotopic (exact) mass is 522 g/mol. The Balaban J connectivity index is 1.47. The molecule has 35 heavy (non-hydrogen) atoms. The number of fused-ring (bicyclic) bond motifs is 2. The Kier molecular flexibility index (Phi) is 5.72. The summed E-state index contributed by atoms with van der Waals surface area (Å²) in [5, 5.41) is 1.33. The lowest BCUT2D eigenvalue weighted by Crippen LogP contribution is -2.32. The fourth-order valence-corrected chi connectivity index (χ4v) is 6.30. The minimum atomic E-state index is -4.44. The maximum atomic E-state index is 13.3. The summed E-state index contributed by atoms with van der Waals surface area (Å²) in [5.41, 5.74) is 1.92. The van der Waals surface area contributed by atoms with Crippen LogP contribution in [-0.2, 0) is 24.4 Å². The van der Waals surface area contributed by atoms with Gasteiger partial charge in [0, 0.05) is 54.6 Å². The first kappa shape index (κ1) is 24.2. The van der Waals surface area contributed by atoms with E-state index in [1.54, 1.807) is 48.7 Å². The molecule has 1 amide bonds. The van der Waals surface area contributed by atoms with Gasteiger partial charge in [-0.15, -0.1) is 0 Å². The van der Waals surface area contributed by atoms with Crippen LogP contribution in [0.2, 0.25) is 10.0 Å². The van der Waals surface area contributed by atoms with E-state index in [-0.39, 0.29) is 40.9 Å². The third-order valence-electron chi connectivity index (χ3n) is 7.43. The Labute approximate surface area is 210 Å². The summed E-state index contributed by atoms with van der Waals surface area (Å²) in [6.45, 7) is 4.31. The van der Waals surface area contributed by atoms with Crippen LogP contribution in [0.5, 0.6) is 0 Å². The maximum absolute atomic E-state index is 13.3. The zero-order valence-electron chi connectivity index (χ0n) is 19.3. The molecule has 1 aliphatic heterocycles. The lowest BCUT2D eigenvalue weighted by Gasteiger charge is -2.21. The van der Waals surface area contributed by atoms with Crippen LogP contribution < -0.4 is 0 Å². The zero-order chi connectivity index (χ0) is 25.4. The van der Waals surface area contributed by atoms with Gasteiger partial charge < -0.3 is 9.47 Å². The van der Waals surface area contributed by atoms with Crippen LogP contribution in [0.4, 0.5) is 13.2 Å². The highest BCUT2D eigenvalue weighted by Crippen LogP contribution is 2.52. The minimum absolute atomic E-state index is 0.0581. The highest BCUT2D eigenvalue weighted by Gasteiger charge is 2.58. The van der Waals surface area contributed by atoms with Crippen molar-refractivity contribution in [3.05, 3.63) is 68.3 Å². The zero-order valence-corrected chi connectivity index (χ0v) is 20.9. The number of piperidine rings is 1. The fourth-order valence-electron chi connectivity index (χ4n) is 5.71. The van der Waals surface area contributed by atoms with E-state index < -0.39 is 11.7 Å². The van der Waals surface area contributed by atoms with Crippen molar-refractivity contribution in [2.45, 2.75) is 26.4 Å². The molecule has 1 aliphatic carbocycles. The third-order valence-corrected chi connectivity index (χ3v) is 8.21.